The quantitative estimate of drug-likeness (QED) is 0.678. The molecule has 0 radical (unpaired) electrons. The van der Waals surface area contributed by atoms with E-state index in [0.29, 0.717) is 19.4 Å². The van der Waals surface area contributed by atoms with Gasteiger partial charge in [-0.15, -0.1) is 0 Å². The van der Waals surface area contributed by atoms with Gasteiger partial charge in [-0.1, -0.05) is 13.3 Å². The van der Waals surface area contributed by atoms with Crippen molar-refractivity contribution >= 4 is 11.9 Å². The van der Waals surface area contributed by atoms with Gasteiger partial charge in [0.1, 0.15) is 0 Å². The SMILES string of the molecule is CCCC1(C(=O)NCC2CCC(C(=O)O)O2)CCCNC1. The third kappa shape index (κ3) is 3.95. The van der Waals surface area contributed by atoms with Crippen molar-refractivity contribution in [2.75, 3.05) is 19.6 Å². The second-order valence-corrected chi connectivity index (χ2v) is 6.18. The predicted octanol–water partition coefficient (Wildman–Crippen LogP) is 0.905. The lowest BCUT2D eigenvalue weighted by atomic mass is 9.76. The number of carboxylic acid groups (broad SMARTS) is 1. The van der Waals surface area contributed by atoms with E-state index in [1.54, 1.807) is 0 Å². The Bertz CT molecular complexity index is 374. The minimum absolute atomic E-state index is 0.0823. The van der Waals surface area contributed by atoms with Crippen LogP contribution in [0.25, 0.3) is 0 Å². The maximum atomic E-state index is 12.6. The first-order valence-electron chi connectivity index (χ1n) is 7.95. The smallest absolute Gasteiger partial charge is 0.332 e. The Morgan fingerprint density at radius 3 is 2.81 bits per heavy atom. The van der Waals surface area contributed by atoms with E-state index < -0.39 is 12.1 Å². The van der Waals surface area contributed by atoms with Crippen molar-refractivity contribution in [1.29, 1.82) is 0 Å². The number of piperidine rings is 1. The molecule has 0 aromatic rings. The lowest BCUT2D eigenvalue weighted by molar-refractivity contribution is -0.149. The van der Waals surface area contributed by atoms with Gasteiger partial charge in [0, 0.05) is 13.1 Å². The molecule has 3 atom stereocenters. The van der Waals surface area contributed by atoms with Gasteiger partial charge in [0.05, 0.1) is 11.5 Å². The van der Waals surface area contributed by atoms with Gasteiger partial charge in [0.25, 0.3) is 0 Å². The van der Waals surface area contributed by atoms with Gasteiger partial charge in [-0.2, -0.15) is 0 Å². The van der Waals surface area contributed by atoms with Crippen molar-refractivity contribution in [1.82, 2.24) is 10.6 Å². The molecule has 3 unspecified atom stereocenters. The highest BCUT2D eigenvalue weighted by Gasteiger charge is 2.39. The summed E-state index contributed by atoms with van der Waals surface area (Å²) in [6.45, 7) is 4.22. The number of hydrogen-bond donors (Lipinski definition) is 3. The van der Waals surface area contributed by atoms with Crippen LogP contribution in [0.1, 0.15) is 45.4 Å². The van der Waals surface area contributed by atoms with Crippen LogP contribution < -0.4 is 10.6 Å². The first-order chi connectivity index (χ1) is 10.1. The van der Waals surface area contributed by atoms with Crippen molar-refractivity contribution in [3.63, 3.8) is 0 Å². The summed E-state index contributed by atoms with van der Waals surface area (Å²) in [6.07, 6.45) is 4.13. The lowest BCUT2D eigenvalue weighted by Gasteiger charge is -2.36. The molecule has 2 saturated heterocycles. The average molecular weight is 298 g/mol. The van der Waals surface area contributed by atoms with Gasteiger partial charge in [0.2, 0.25) is 5.91 Å². The summed E-state index contributed by atoms with van der Waals surface area (Å²) in [5, 5.41) is 15.2. The van der Waals surface area contributed by atoms with Crippen LogP contribution in [0.5, 0.6) is 0 Å². The van der Waals surface area contributed by atoms with Gasteiger partial charge < -0.3 is 20.5 Å². The van der Waals surface area contributed by atoms with Gasteiger partial charge in [0.15, 0.2) is 6.10 Å². The molecule has 2 aliphatic heterocycles. The number of ether oxygens (including phenoxy) is 1. The Balaban J connectivity index is 1.84. The number of amides is 1. The summed E-state index contributed by atoms with van der Waals surface area (Å²) >= 11 is 0. The molecule has 2 rings (SSSR count). The molecule has 0 aromatic carbocycles. The van der Waals surface area contributed by atoms with Crippen molar-refractivity contribution in [3.8, 4) is 0 Å². The number of hydrogen-bond acceptors (Lipinski definition) is 4. The van der Waals surface area contributed by atoms with Crippen LogP contribution >= 0.6 is 0 Å². The zero-order valence-corrected chi connectivity index (χ0v) is 12.7. The number of carbonyl (C=O) groups is 2. The summed E-state index contributed by atoms with van der Waals surface area (Å²) in [6, 6.07) is 0. The Morgan fingerprint density at radius 2 is 2.24 bits per heavy atom. The highest BCUT2D eigenvalue weighted by atomic mass is 16.5. The highest BCUT2D eigenvalue weighted by Crippen LogP contribution is 2.32. The van der Waals surface area contributed by atoms with Crippen molar-refractivity contribution in [2.45, 2.75) is 57.7 Å². The second-order valence-electron chi connectivity index (χ2n) is 6.18. The second kappa shape index (κ2) is 7.22. The van der Waals surface area contributed by atoms with E-state index in [0.717, 1.165) is 38.8 Å². The summed E-state index contributed by atoms with van der Waals surface area (Å²) < 4.78 is 5.42. The maximum Gasteiger partial charge on any atom is 0.332 e. The molecule has 0 aliphatic carbocycles. The predicted molar refractivity (Wildman–Crippen MR) is 78.0 cm³/mol. The molecular weight excluding hydrogens is 272 g/mol. The van der Waals surface area contributed by atoms with Gasteiger partial charge in [-0.25, -0.2) is 4.79 Å². The van der Waals surface area contributed by atoms with Crippen LogP contribution in [0, 0.1) is 5.41 Å². The molecule has 0 aromatic heterocycles. The van der Waals surface area contributed by atoms with Crippen LogP contribution in [-0.2, 0) is 14.3 Å². The Kier molecular flexibility index (Phi) is 5.58. The third-order valence-corrected chi connectivity index (χ3v) is 4.56. The lowest BCUT2D eigenvalue weighted by Crippen LogP contribution is -2.51. The summed E-state index contributed by atoms with van der Waals surface area (Å²) in [5.74, 6) is -0.832. The maximum absolute atomic E-state index is 12.6. The fraction of sp³-hybridized carbons (Fsp3) is 0.867. The van der Waals surface area contributed by atoms with Gasteiger partial charge in [-0.3, -0.25) is 4.79 Å². The van der Waals surface area contributed by atoms with E-state index >= 15 is 0 Å². The summed E-state index contributed by atoms with van der Waals surface area (Å²) in [7, 11) is 0. The number of carbonyl (C=O) groups excluding carboxylic acids is 1. The summed E-state index contributed by atoms with van der Waals surface area (Å²) in [4.78, 5) is 23.4. The number of nitrogens with one attached hydrogen (secondary N) is 2. The third-order valence-electron chi connectivity index (χ3n) is 4.56. The largest absolute Gasteiger partial charge is 0.479 e. The van der Waals surface area contributed by atoms with Crippen molar-refractivity contribution in [2.24, 2.45) is 5.41 Å². The molecular formula is C15H26N2O4. The molecule has 1 amide bonds. The topological polar surface area (TPSA) is 87.7 Å². The Morgan fingerprint density at radius 1 is 1.43 bits per heavy atom. The van der Waals surface area contributed by atoms with E-state index in [4.69, 9.17) is 9.84 Å². The van der Waals surface area contributed by atoms with Crippen LogP contribution in [-0.4, -0.2) is 48.8 Å². The molecule has 2 heterocycles. The van der Waals surface area contributed by atoms with Crippen LogP contribution in [0.4, 0.5) is 0 Å². The molecule has 2 aliphatic rings. The molecule has 120 valence electrons. The molecule has 3 N–H and O–H groups in total. The van der Waals surface area contributed by atoms with Crippen LogP contribution in [0.2, 0.25) is 0 Å². The molecule has 0 bridgehead atoms. The number of rotatable bonds is 6. The fourth-order valence-corrected chi connectivity index (χ4v) is 3.40. The van der Waals surface area contributed by atoms with Gasteiger partial charge in [-0.05, 0) is 38.6 Å². The van der Waals surface area contributed by atoms with E-state index in [2.05, 4.69) is 17.6 Å². The number of carboxylic acids is 1. The van der Waals surface area contributed by atoms with E-state index in [9.17, 15) is 9.59 Å². The van der Waals surface area contributed by atoms with E-state index in [-0.39, 0.29) is 17.4 Å². The molecule has 0 spiro atoms. The summed E-state index contributed by atoms with van der Waals surface area (Å²) in [5.41, 5.74) is -0.308. The van der Waals surface area contributed by atoms with Crippen LogP contribution in [0.15, 0.2) is 0 Å². The standard InChI is InChI=1S/C15H26N2O4/c1-2-6-15(7-3-8-16-10-15)14(20)17-9-11-4-5-12(21-11)13(18)19/h11-12,16H,2-10H2,1H3,(H,17,20)(H,18,19). The Hall–Kier alpha value is -1.14. The molecule has 0 saturated carbocycles. The van der Waals surface area contributed by atoms with E-state index in [1.165, 1.54) is 0 Å². The fourth-order valence-electron chi connectivity index (χ4n) is 3.40. The number of aliphatic carboxylic acids is 1. The first-order valence-corrected chi connectivity index (χ1v) is 7.95. The molecule has 2 fully saturated rings. The van der Waals surface area contributed by atoms with Crippen LogP contribution in [0.3, 0.4) is 0 Å². The minimum Gasteiger partial charge on any atom is -0.479 e. The first kappa shape index (κ1) is 16.2. The minimum atomic E-state index is -0.914. The van der Waals surface area contributed by atoms with Gasteiger partial charge >= 0.3 is 5.97 Å². The van der Waals surface area contributed by atoms with E-state index in [1.807, 2.05) is 0 Å². The highest BCUT2D eigenvalue weighted by molar-refractivity contribution is 5.83. The van der Waals surface area contributed by atoms with Crippen molar-refractivity contribution < 1.29 is 19.4 Å². The zero-order valence-electron chi connectivity index (χ0n) is 12.7. The van der Waals surface area contributed by atoms with Crippen molar-refractivity contribution in [3.05, 3.63) is 0 Å². The zero-order chi connectivity index (χ0) is 15.3. The Labute approximate surface area is 125 Å². The molecule has 6 nitrogen and oxygen atoms in total. The monoisotopic (exact) mass is 298 g/mol. The average Bonchev–Trinajstić information content (AvgIpc) is 2.95. The molecule has 21 heavy (non-hydrogen) atoms. The normalized spacial score (nSPS) is 32.8. The molecule has 6 heteroatoms.